The monoisotopic (exact) mass is 231 g/mol. The fraction of sp³-hybridized carbons (Fsp3) is 0.0833. The summed E-state index contributed by atoms with van der Waals surface area (Å²) >= 11 is 5.94. The number of rotatable bonds is 1. The number of aryl methyl sites for hydroxylation is 1. The zero-order valence-corrected chi connectivity index (χ0v) is 9.47. The van der Waals surface area contributed by atoms with E-state index in [2.05, 4.69) is 4.98 Å². The Morgan fingerprint density at radius 3 is 2.69 bits per heavy atom. The predicted molar refractivity (Wildman–Crippen MR) is 65.1 cm³/mol. The number of nitrogens with two attached hydrogens (primary N) is 1. The van der Waals surface area contributed by atoms with E-state index in [1.807, 2.05) is 31.2 Å². The van der Waals surface area contributed by atoms with Crippen LogP contribution in [0.1, 0.15) is 11.1 Å². The third-order valence-electron chi connectivity index (χ3n) is 2.44. The number of H-pyrrole nitrogens is 1. The number of halogens is 1. The second kappa shape index (κ2) is 3.92. The fourth-order valence-electron chi connectivity index (χ4n) is 1.53. The number of nitriles is 1. The van der Waals surface area contributed by atoms with E-state index in [1.54, 1.807) is 6.07 Å². The van der Waals surface area contributed by atoms with Crippen molar-refractivity contribution in [3.05, 3.63) is 40.4 Å². The molecular weight excluding hydrogens is 222 g/mol. The lowest BCUT2D eigenvalue weighted by Crippen LogP contribution is -1.87. The van der Waals surface area contributed by atoms with Gasteiger partial charge in [0.05, 0.1) is 5.56 Å². The summed E-state index contributed by atoms with van der Waals surface area (Å²) in [6.45, 7) is 1.93. The average Bonchev–Trinajstić information content (AvgIpc) is 2.64. The minimum atomic E-state index is 0.394. The molecule has 0 spiro atoms. The van der Waals surface area contributed by atoms with E-state index >= 15 is 0 Å². The fourth-order valence-corrected chi connectivity index (χ4v) is 1.65. The first kappa shape index (κ1) is 10.6. The highest BCUT2D eigenvalue weighted by Gasteiger charge is 2.07. The maximum atomic E-state index is 8.81. The van der Waals surface area contributed by atoms with E-state index in [4.69, 9.17) is 22.6 Å². The van der Waals surface area contributed by atoms with Crippen LogP contribution < -0.4 is 5.73 Å². The van der Waals surface area contributed by atoms with Crippen molar-refractivity contribution in [2.24, 2.45) is 0 Å². The quantitative estimate of drug-likeness (QED) is 0.792. The van der Waals surface area contributed by atoms with E-state index < -0.39 is 0 Å². The molecule has 0 aliphatic carbocycles. The van der Waals surface area contributed by atoms with E-state index in [0.717, 1.165) is 21.8 Å². The molecule has 0 unspecified atom stereocenters. The standard InChI is InChI=1S/C12H10ClN3/c1-7-4-8(2-3-10(7)13)11-5-9(6-14)12(15)16-11/h2-5,16H,15H2,1H3. The number of nitrogen functional groups attached to an aromatic ring is 1. The van der Waals surface area contributed by atoms with Gasteiger partial charge in [-0.25, -0.2) is 0 Å². The van der Waals surface area contributed by atoms with Gasteiger partial charge in [0, 0.05) is 10.7 Å². The summed E-state index contributed by atoms with van der Waals surface area (Å²) < 4.78 is 0. The van der Waals surface area contributed by atoms with Gasteiger partial charge in [-0.05, 0) is 36.2 Å². The Bertz CT molecular complexity index is 578. The number of aromatic amines is 1. The minimum Gasteiger partial charge on any atom is -0.384 e. The number of nitrogens with one attached hydrogen (secondary N) is 1. The molecule has 0 atom stereocenters. The number of hydrogen-bond donors (Lipinski definition) is 2. The van der Waals surface area contributed by atoms with E-state index in [0.29, 0.717) is 11.4 Å². The molecule has 0 radical (unpaired) electrons. The van der Waals surface area contributed by atoms with Crippen molar-refractivity contribution in [3.8, 4) is 17.3 Å². The van der Waals surface area contributed by atoms with Gasteiger partial charge in [0.2, 0.25) is 0 Å². The first-order valence-electron chi connectivity index (χ1n) is 4.77. The van der Waals surface area contributed by atoms with E-state index in [1.165, 1.54) is 0 Å². The zero-order chi connectivity index (χ0) is 11.7. The van der Waals surface area contributed by atoms with Gasteiger partial charge in [0.25, 0.3) is 0 Å². The Labute approximate surface area is 98.5 Å². The highest BCUT2D eigenvalue weighted by atomic mass is 35.5. The molecular formula is C12H10ClN3. The second-order valence-electron chi connectivity index (χ2n) is 3.59. The molecule has 0 aliphatic heterocycles. The summed E-state index contributed by atoms with van der Waals surface area (Å²) in [5.74, 6) is 0.394. The number of benzene rings is 1. The Morgan fingerprint density at radius 2 is 2.12 bits per heavy atom. The van der Waals surface area contributed by atoms with Crippen LogP contribution in [0.2, 0.25) is 5.02 Å². The zero-order valence-electron chi connectivity index (χ0n) is 8.71. The van der Waals surface area contributed by atoms with Crippen LogP contribution in [-0.4, -0.2) is 4.98 Å². The van der Waals surface area contributed by atoms with Gasteiger partial charge in [0.15, 0.2) is 0 Å². The van der Waals surface area contributed by atoms with Gasteiger partial charge in [-0.15, -0.1) is 0 Å². The van der Waals surface area contributed by atoms with Crippen molar-refractivity contribution in [3.63, 3.8) is 0 Å². The van der Waals surface area contributed by atoms with Crippen LogP contribution in [0, 0.1) is 18.3 Å². The smallest absolute Gasteiger partial charge is 0.119 e. The first-order chi connectivity index (χ1) is 7.61. The molecule has 3 N–H and O–H groups in total. The number of hydrogen-bond acceptors (Lipinski definition) is 2. The molecule has 3 nitrogen and oxygen atoms in total. The van der Waals surface area contributed by atoms with Crippen LogP contribution in [0.4, 0.5) is 5.82 Å². The van der Waals surface area contributed by atoms with Crippen molar-refractivity contribution < 1.29 is 0 Å². The van der Waals surface area contributed by atoms with Crippen LogP contribution in [0.25, 0.3) is 11.3 Å². The highest BCUT2D eigenvalue weighted by Crippen LogP contribution is 2.26. The summed E-state index contributed by atoms with van der Waals surface area (Å²) in [5.41, 5.74) is 8.90. The topological polar surface area (TPSA) is 65.6 Å². The van der Waals surface area contributed by atoms with E-state index in [9.17, 15) is 0 Å². The molecule has 0 saturated heterocycles. The summed E-state index contributed by atoms with van der Waals surface area (Å²) in [6, 6.07) is 9.44. The molecule has 2 rings (SSSR count). The lowest BCUT2D eigenvalue weighted by atomic mass is 10.1. The minimum absolute atomic E-state index is 0.394. The molecule has 0 fully saturated rings. The average molecular weight is 232 g/mol. The lowest BCUT2D eigenvalue weighted by Gasteiger charge is -2.01. The largest absolute Gasteiger partial charge is 0.384 e. The lowest BCUT2D eigenvalue weighted by molar-refractivity contribution is 1.38. The highest BCUT2D eigenvalue weighted by molar-refractivity contribution is 6.31. The normalized spacial score (nSPS) is 10.1. The summed E-state index contributed by atoms with van der Waals surface area (Å²) in [6.07, 6.45) is 0. The van der Waals surface area contributed by atoms with E-state index in [-0.39, 0.29) is 0 Å². The van der Waals surface area contributed by atoms with Crippen molar-refractivity contribution in [1.29, 1.82) is 5.26 Å². The van der Waals surface area contributed by atoms with Crippen LogP contribution in [0.15, 0.2) is 24.3 Å². The van der Waals surface area contributed by atoms with Gasteiger partial charge in [-0.1, -0.05) is 17.7 Å². The molecule has 16 heavy (non-hydrogen) atoms. The molecule has 1 aromatic carbocycles. The second-order valence-corrected chi connectivity index (χ2v) is 3.99. The molecule has 0 amide bonds. The Morgan fingerprint density at radius 1 is 1.38 bits per heavy atom. The third kappa shape index (κ3) is 1.75. The van der Waals surface area contributed by atoms with Crippen molar-refractivity contribution >= 4 is 17.4 Å². The van der Waals surface area contributed by atoms with Crippen molar-refractivity contribution in [2.45, 2.75) is 6.92 Å². The van der Waals surface area contributed by atoms with Crippen LogP contribution in [-0.2, 0) is 0 Å². The molecule has 4 heteroatoms. The number of nitrogens with zero attached hydrogens (tertiary/aromatic N) is 1. The molecule has 1 aromatic heterocycles. The van der Waals surface area contributed by atoms with Gasteiger partial charge in [-0.3, -0.25) is 0 Å². The van der Waals surface area contributed by atoms with Crippen LogP contribution in [0.5, 0.6) is 0 Å². The number of aromatic nitrogens is 1. The van der Waals surface area contributed by atoms with Crippen molar-refractivity contribution in [1.82, 2.24) is 4.98 Å². The molecule has 0 saturated carbocycles. The maximum absolute atomic E-state index is 8.81. The Hall–Kier alpha value is -1.92. The number of anilines is 1. The summed E-state index contributed by atoms with van der Waals surface area (Å²) in [4.78, 5) is 2.97. The van der Waals surface area contributed by atoms with Crippen molar-refractivity contribution in [2.75, 3.05) is 5.73 Å². The molecule has 80 valence electrons. The molecule has 0 aliphatic rings. The molecule has 1 heterocycles. The Kier molecular flexibility index (Phi) is 2.59. The molecule has 0 bridgehead atoms. The third-order valence-corrected chi connectivity index (χ3v) is 2.86. The van der Waals surface area contributed by atoms with Gasteiger partial charge in [-0.2, -0.15) is 5.26 Å². The van der Waals surface area contributed by atoms with Gasteiger partial charge >= 0.3 is 0 Å². The molecule has 2 aromatic rings. The van der Waals surface area contributed by atoms with Gasteiger partial charge < -0.3 is 10.7 Å². The van der Waals surface area contributed by atoms with Gasteiger partial charge in [0.1, 0.15) is 11.9 Å². The van der Waals surface area contributed by atoms with Crippen LogP contribution >= 0.6 is 11.6 Å². The first-order valence-corrected chi connectivity index (χ1v) is 5.14. The predicted octanol–water partition coefficient (Wildman–Crippen LogP) is 3.10. The maximum Gasteiger partial charge on any atom is 0.119 e. The SMILES string of the molecule is Cc1cc(-c2cc(C#N)c(N)[nH]2)ccc1Cl. The summed E-state index contributed by atoms with van der Waals surface area (Å²) in [7, 11) is 0. The summed E-state index contributed by atoms with van der Waals surface area (Å²) in [5, 5.41) is 9.53. The Balaban J connectivity index is 2.51. The van der Waals surface area contributed by atoms with Crippen LogP contribution in [0.3, 0.4) is 0 Å².